The van der Waals surface area contributed by atoms with E-state index in [-0.39, 0.29) is 0 Å². The largest absolute Gasteiger partial charge is 0.366 e. The maximum absolute atomic E-state index is 12.3. The molecule has 0 atom stereocenters. The standard InChI is InChI=1S/C16H16N4O2S2/c1-12-2-5-16(23-12)24(21,22)20-14-3-4-15(19-11-14)18-10-13-6-8-17-9-7-13/h2-9,11,20H,10H2,1H3,(H,18,19). The lowest BCUT2D eigenvalue weighted by Crippen LogP contribution is -2.11. The van der Waals surface area contributed by atoms with Crippen LogP contribution in [0.3, 0.4) is 0 Å². The predicted octanol–water partition coefficient (Wildman–Crippen LogP) is 3.26. The van der Waals surface area contributed by atoms with Crippen LogP contribution in [0.25, 0.3) is 0 Å². The minimum atomic E-state index is -3.56. The molecule has 0 saturated heterocycles. The molecule has 0 unspecified atom stereocenters. The molecule has 0 spiro atoms. The number of thiophene rings is 1. The van der Waals surface area contributed by atoms with Crippen LogP contribution >= 0.6 is 11.3 Å². The van der Waals surface area contributed by atoms with Crippen LogP contribution in [0, 0.1) is 6.92 Å². The summed E-state index contributed by atoms with van der Waals surface area (Å²) in [6.45, 7) is 2.49. The highest BCUT2D eigenvalue weighted by Gasteiger charge is 2.16. The summed E-state index contributed by atoms with van der Waals surface area (Å²) in [5.41, 5.74) is 1.51. The molecule has 0 bridgehead atoms. The average molecular weight is 360 g/mol. The van der Waals surface area contributed by atoms with Crippen LogP contribution in [0.5, 0.6) is 0 Å². The van der Waals surface area contributed by atoms with Gasteiger partial charge in [-0.1, -0.05) is 0 Å². The highest BCUT2D eigenvalue weighted by Crippen LogP contribution is 2.23. The fourth-order valence-electron chi connectivity index (χ4n) is 2.01. The van der Waals surface area contributed by atoms with Gasteiger partial charge in [-0.25, -0.2) is 13.4 Å². The number of aryl methyl sites for hydroxylation is 1. The Kier molecular flexibility index (Phi) is 4.77. The summed E-state index contributed by atoms with van der Waals surface area (Å²) in [4.78, 5) is 9.14. The third-order valence-electron chi connectivity index (χ3n) is 3.22. The molecule has 0 aromatic carbocycles. The SMILES string of the molecule is Cc1ccc(S(=O)(=O)Nc2ccc(NCc3ccncc3)nc2)s1. The molecule has 3 heterocycles. The van der Waals surface area contributed by atoms with Crippen molar-refractivity contribution in [3.05, 3.63) is 65.4 Å². The van der Waals surface area contributed by atoms with Crippen molar-refractivity contribution < 1.29 is 8.42 Å². The number of pyridine rings is 2. The number of hydrogen-bond donors (Lipinski definition) is 2. The molecule has 0 aliphatic rings. The number of rotatable bonds is 6. The Labute approximate surface area is 144 Å². The number of nitrogens with zero attached hydrogens (tertiary/aromatic N) is 2. The lowest BCUT2D eigenvalue weighted by atomic mass is 10.3. The first-order chi connectivity index (χ1) is 11.5. The van der Waals surface area contributed by atoms with Crippen molar-refractivity contribution in [1.29, 1.82) is 0 Å². The molecule has 0 radical (unpaired) electrons. The van der Waals surface area contributed by atoms with Gasteiger partial charge in [0.25, 0.3) is 10.0 Å². The maximum atomic E-state index is 12.3. The average Bonchev–Trinajstić information content (AvgIpc) is 3.02. The van der Waals surface area contributed by atoms with Crippen molar-refractivity contribution in [3.8, 4) is 0 Å². The summed E-state index contributed by atoms with van der Waals surface area (Å²) < 4.78 is 27.3. The van der Waals surface area contributed by atoms with E-state index in [4.69, 9.17) is 0 Å². The minimum Gasteiger partial charge on any atom is -0.366 e. The summed E-state index contributed by atoms with van der Waals surface area (Å²) in [5, 5.41) is 3.17. The van der Waals surface area contributed by atoms with Crippen molar-refractivity contribution in [1.82, 2.24) is 9.97 Å². The molecule has 0 fully saturated rings. The molecular weight excluding hydrogens is 344 g/mol. The predicted molar refractivity (Wildman–Crippen MR) is 95.7 cm³/mol. The normalized spacial score (nSPS) is 11.2. The summed E-state index contributed by atoms with van der Waals surface area (Å²) in [5.74, 6) is 0.668. The molecule has 3 rings (SSSR count). The van der Waals surface area contributed by atoms with E-state index in [2.05, 4.69) is 20.0 Å². The van der Waals surface area contributed by atoms with Gasteiger partial charge < -0.3 is 5.32 Å². The number of hydrogen-bond acceptors (Lipinski definition) is 6. The smallest absolute Gasteiger partial charge is 0.271 e. The minimum absolute atomic E-state index is 0.292. The van der Waals surface area contributed by atoms with Gasteiger partial charge in [0.15, 0.2) is 0 Å². The number of nitrogens with one attached hydrogen (secondary N) is 2. The van der Waals surface area contributed by atoms with Crippen molar-refractivity contribution >= 4 is 32.9 Å². The molecule has 0 amide bonds. The third kappa shape index (κ3) is 4.09. The van der Waals surface area contributed by atoms with Gasteiger partial charge in [0, 0.05) is 23.8 Å². The first-order valence-corrected chi connectivity index (χ1v) is 9.51. The highest BCUT2D eigenvalue weighted by molar-refractivity contribution is 7.94. The molecule has 0 aliphatic carbocycles. The molecule has 124 valence electrons. The van der Waals surface area contributed by atoms with Gasteiger partial charge in [-0.05, 0) is 48.9 Å². The number of aromatic nitrogens is 2. The van der Waals surface area contributed by atoms with Crippen LogP contribution in [-0.4, -0.2) is 18.4 Å². The van der Waals surface area contributed by atoms with Crippen LogP contribution < -0.4 is 10.0 Å². The Bertz CT molecular complexity index is 907. The Morgan fingerprint density at radius 1 is 1.08 bits per heavy atom. The Morgan fingerprint density at radius 2 is 1.88 bits per heavy atom. The summed E-state index contributed by atoms with van der Waals surface area (Å²) in [6, 6.07) is 10.6. The van der Waals surface area contributed by atoms with E-state index in [0.29, 0.717) is 22.3 Å². The summed E-state index contributed by atoms with van der Waals surface area (Å²) in [6.07, 6.45) is 4.95. The van der Waals surface area contributed by atoms with E-state index < -0.39 is 10.0 Å². The third-order valence-corrected chi connectivity index (χ3v) is 6.09. The second-order valence-corrected chi connectivity index (χ2v) is 8.31. The molecule has 3 aromatic rings. The number of sulfonamides is 1. The van der Waals surface area contributed by atoms with Crippen molar-refractivity contribution in [3.63, 3.8) is 0 Å². The summed E-state index contributed by atoms with van der Waals surface area (Å²) >= 11 is 1.23. The molecule has 0 aliphatic heterocycles. The monoisotopic (exact) mass is 360 g/mol. The van der Waals surface area contributed by atoms with Gasteiger partial charge in [-0.15, -0.1) is 11.3 Å². The molecule has 3 aromatic heterocycles. The fourth-order valence-corrected chi connectivity index (χ4v) is 4.34. The van der Waals surface area contributed by atoms with E-state index in [9.17, 15) is 8.42 Å². The van der Waals surface area contributed by atoms with Gasteiger partial charge in [0.05, 0.1) is 11.9 Å². The second kappa shape index (κ2) is 6.98. The van der Waals surface area contributed by atoms with Gasteiger partial charge in [-0.2, -0.15) is 0 Å². The Hall–Kier alpha value is -2.45. The van der Waals surface area contributed by atoms with Crippen LogP contribution in [0.1, 0.15) is 10.4 Å². The van der Waals surface area contributed by atoms with Crippen molar-refractivity contribution in [2.45, 2.75) is 17.7 Å². The zero-order valence-corrected chi connectivity index (χ0v) is 14.6. The topological polar surface area (TPSA) is 84.0 Å². The Balaban J connectivity index is 1.64. The van der Waals surface area contributed by atoms with E-state index >= 15 is 0 Å². The molecule has 6 nitrogen and oxygen atoms in total. The first kappa shape index (κ1) is 16.4. The number of anilines is 2. The maximum Gasteiger partial charge on any atom is 0.271 e. The summed E-state index contributed by atoms with van der Waals surface area (Å²) in [7, 11) is -3.56. The van der Waals surface area contributed by atoms with E-state index in [1.807, 2.05) is 19.1 Å². The van der Waals surface area contributed by atoms with E-state index in [0.717, 1.165) is 10.4 Å². The quantitative estimate of drug-likeness (QED) is 0.705. The molecular formula is C16H16N4O2S2. The molecule has 8 heteroatoms. The van der Waals surface area contributed by atoms with Crippen LogP contribution in [0.15, 0.2) is 59.2 Å². The van der Waals surface area contributed by atoms with Crippen molar-refractivity contribution in [2.24, 2.45) is 0 Å². The zero-order chi connectivity index (χ0) is 17.0. The second-order valence-electron chi connectivity index (χ2n) is 5.11. The van der Waals surface area contributed by atoms with E-state index in [1.54, 1.807) is 36.7 Å². The first-order valence-electron chi connectivity index (χ1n) is 7.21. The van der Waals surface area contributed by atoms with Gasteiger partial charge in [0.2, 0.25) is 0 Å². The highest BCUT2D eigenvalue weighted by atomic mass is 32.2. The van der Waals surface area contributed by atoms with Crippen LogP contribution in [-0.2, 0) is 16.6 Å². The Morgan fingerprint density at radius 3 is 2.50 bits per heavy atom. The fraction of sp³-hybridized carbons (Fsp3) is 0.125. The van der Waals surface area contributed by atoms with E-state index in [1.165, 1.54) is 17.5 Å². The molecule has 2 N–H and O–H groups in total. The van der Waals surface area contributed by atoms with Gasteiger partial charge >= 0.3 is 0 Å². The van der Waals surface area contributed by atoms with Crippen molar-refractivity contribution in [2.75, 3.05) is 10.0 Å². The molecule has 24 heavy (non-hydrogen) atoms. The molecule has 0 saturated carbocycles. The van der Waals surface area contributed by atoms with Crippen LogP contribution in [0.2, 0.25) is 0 Å². The lowest BCUT2D eigenvalue weighted by molar-refractivity contribution is 0.603. The zero-order valence-electron chi connectivity index (χ0n) is 12.9. The van der Waals surface area contributed by atoms with Gasteiger partial charge in [-0.3, -0.25) is 9.71 Å². The lowest BCUT2D eigenvalue weighted by Gasteiger charge is -2.08. The van der Waals surface area contributed by atoms with Crippen LogP contribution in [0.4, 0.5) is 11.5 Å². The van der Waals surface area contributed by atoms with Gasteiger partial charge in [0.1, 0.15) is 10.0 Å².